The molecule has 4 aliphatic carbocycles. The van der Waals surface area contributed by atoms with Crippen LogP contribution in [-0.4, -0.2) is 35.3 Å². The van der Waals surface area contributed by atoms with Crippen LogP contribution in [0.4, 0.5) is 0 Å². The molecule has 0 aromatic heterocycles. The topological polar surface area (TPSA) is 49.4 Å². The van der Waals surface area contributed by atoms with Crippen molar-refractivity contribution >= 4 is 11.8 Å². The summed E-state index contributed by atoms with van der Waals surface area (Å²) in [5, 5.41) is 3.48. The number of carbonyl (C=O) groups is 2. The normalized spacial score (nSPS) is 38.1. The first-order chi connectivity index (χ1) is 12.7. The van der Waals surface area contributed by atoms with E-state index in [4.69, 9.17) is 0 Å². The number of hydrogen-bond acceptors (Lipinski definition) is 2. The minimum Gasteiger partial charge on any atom is -0.351 e. The smallest absolute Gasteiger partial charge is 0.223 e. The van der Waals surface area contributed by atoms with Crippen molar-refractivity contribution in [2.75, 3.05) is 13.1 Å². The highest BCUT2D eigenvalue weighted by molar-refractivity contribution is 5.80. The van der Waals surface area contributed by atoms with Gasteiger partial charge in [-0.1, -0.05) is 20.8 Å². The Balaban J connectivity index is 1.31. The first-order valence-corrected chi connectivity index (χ1v) is 11.3. The quantitative estimate of drug-likeness (QED) is 0.786. The van der Waals surface area contributed by atoms with Crippen molar-refractivity contribution < 1.29 is 9.59 Å². The maximum atomic E-state index is 12.9. The van der Waals surface area contributed by atoms with Gasteiger partial charge in [0.25, 0.3) is 0 Å². The summed E-state index contributed by atoms with van der Waals surface area (Å²) in [7, 11) is 0. The maximum Gasteiger partial charge on any atom is 0.223 e. The summed E-state index contributed by atoms with van der Waals surface area (Å²) in [4.78, 5) is 27.7. The fraction of sp³-hybridized carbons (Fsp3) is 0.913. The van der Waals surface area contributed by atoms with Gasteiger partial charge < -0.3 is 10.2 Å². The second-order valence-electron chi connectivity index (χ2n) is 11.4. The van der Waals surface area contributed by atoms with E-state index in [0.717, 1.165) is 37.3 Å². The van der Waals surface area contributed by atoms with Crippen LogP contribution in [0.3, 0.4) is 0 Å². The summed E-state index contributed by atoms with van der Waals surface area (Å²) in [6, 6.07) is 0. The van der Waals surface area contributed by atoms with Crippen LogP contribution in [0.2, 0.25) is 0 Å². The van der Waals surface area contributed by atoms with E-state index in [1.807, 2.05) is 4.90 Å². The molecule has 5 aliphatic rings. The Morgan fingerprint density at radius 1 is 1.04 bits per heavy atom. The Kier molecular flexibility index (Phi) is 5.05. The Bertz CT molecular complexity index is 562. The number of nitrogens with one attached hydrogen (secondary N) is 1. The van der Waals surface area contributed by atoms with Gasteiger partial charge in [0.15, 0.2) is 0 Å². The van der Waals surface area contributed by atoms with Crippen LogP contribution < -0.4 is 5.32 Å². The van der Waals surface area contributed by atoms with Crippen molar-refractivity contribution in [1.82, 2.24) is 10.2 Å². The van der Waals surface area contributed by atoms with Crippen molar-refractivity contribution in [2.45, 2.75) is 90.5 Å². The lowest BCUT2D eigenvalue weighted by molar-refractivity contribution is -0.136. The first kappa shape index (κ1) is 19.3. The van der Waals surface area contributed by atoms with Crippen LogP contribution in [0.25, 0.3) is 0 Å². The maximum absolute atomic E-state index is 12.9. The Hall–Kier alpha value is -1.06. The molecule has 4 saturated carbocycles. The molecule has 1 heterocycles. The lowest BCUT2D eigenvalue weighted by Gasteiger charge is -2.57. The minimum atomic E-state index is -0.274. The third-order valence-corrected chi connectivity index (χ3v) is 7.72. The molecule has 5 rings (SSSR count). The molecular weight excluding hydrogens is 336 g/mol. The predicted octanol–water partition coefficient (Wildman–Crippen LogP) is 4.14. The lowest BCUT2D eigenvalue weighted by Crippen LogP contribution is -2.60. The zero-order chi connectivity index (χ0) is 19.2. The summed E-state index contributed by atoms with van der Waals surface area (Å²) in [5.74, 6) is 3.52. The summed E-state index contributed by atoms with van der Waals surface area (Å²) in [6.45, 7) is 8.16. The fourth-order valence-electron chi connectivity index (χ4n) is 7.04. The van der Waals surface area contributed by atoms with Crippen molar-refractivity contribution in [1.29, 1.82) is 0 Å². The molecule has 1 aliphatic heterocycles. The zero-order valence-electron chi connectivity index (χ0n) is 17.6. The molecule has 0 unspecified atom stereocenters. The number of hydrogen-bond donors (Lipinski definition) is 1. The SMILES string of the molecule is C[C@H]1CCCN(C(=O)CC(C)(C)CC(=O)NC23CC4CC(CC(C4)C2)C3)C1. The highest BCUT2D eigenvalue weighted by Gasteiger charge is 2.51. The molecule has 1 saturated heterocycles. The lowest BCUT2D eigenvalue weighted by atomic mass is 9.53. The van der Waals surface area contributed by atoms with Crippen molar-refractivity contribution in [3.8, 4) is 0 Å². The monoisotopic (exact) mass is 374 g/mol. The van der Waals surface area contributed by atoms with Gasteiger partial charge in [-0.15, -0.1) is 0 Å². The van der Waals surface area contributed by atoms with E-state index in [-0.39, 0.29) is 22.8 Å². The van der Waals surface area contributed by atoms with Crippen LogP contribution in [0, 0.1) is 29.1 Å². The molecule has 5 fully saturated rings. The van der Waals surface area contributed by atoms with Crippen molar-refractivity contribution in [3.05, 3.63) is 0 Å². The van der Waals surface area contributed by atoms with E-state index in [2.05, 4.69) is 26.1 Å². The highest BCUT2D eigenvalue weighted by atomic mass is 16.2. The van der Waals surface area contributed by atoms with Gasteiger partial charge in [0.2, 0.25) is 11.8 Å². The molecule has 0 spiro atoms. The van der Waals surface area contributed by atoms with Gasteiger partial charge in [-0.3, -0.25) is 9.59 Å². The molecule has 2 amide bonds. The average molecular weight is 375 g/mol. The van der Waals surface area contributed by atoms with Crippen LogP contribution in [0.5, 0.6) is 0 Å². The minimum absolute atomic E-state index is 0.0776. The molecule has 1 atom stereocenters. The molecule has 4 heteroatoms. The van der Waals surface area contributed by atoms with Crippen molar-refractivity contribution in [2.24, 2.45) is 29.1 Å². The number of likely N-dealkylation sites (tertiary alicyclic amines) is 1. The van der Waals surface area contributed by atoms with E-state index in [1.165, 1.54) is 44.9 Å². The van der Waals surface area contributed by atoms with Gasteiger partial charge in [-0.2, -0.15) is 0 Å². The summed E-state index contributed by atoms with van der Waals surface area (Å²) < 4.78 is 0. The second kappa shape index (κ2) is 7.08. The van der Waals surface area contributed by atoms with Gasteiger partial charge >= 0.3 is 0 Å². The zero-order valence-corrected chi connectivity index (χ0v) is 17.6. The number of amides is 2. The standard InChI is InChI=1S/C23H38N2O2/c1-16-5-4-6-25(15-16)21(27)14-22(2,3)13-20(26)24-23-10-17-7-18(11-23)9-19(8-17)12-23/h16-19H,4-15H2,1-3H3,(H,24,26)/t16-,17?,18?,19?,23?/m0/s1. The third-order valence-electron chi connectivity index (χ3n) is 7.72. The Morgan fingerprint density at radius 2 is 1.63 bits per heavy atom. The highest BCUT2D eigenvalue weighted by Crippen LogP contribution is 2.55. The van der Waals surface area contributed by atoms with E-state index in [0.29, 0.717) is 18.8 Å². The summed E-state index contributed by atoms with van der Waals surface area (Å²) >= 11 is 0. The van der Waals surface area contributed by atoms with Gasteiger partial charge in [0.1, 0.15) is 0 Å². The Labute approximate surface area is 164 Å². The van der Waals surface area contributed by atoms with Crippen molar-refractivity contribution in [3.63, 3.8) is 0 Å². The largest absolute Gasteiger partial charge is 0.351 e. The average Bonchev–Trinajstić information content (AvgIpc) is 2.51. The molecule has 0 aromatic carbocycles. The van der Waals surface area contributed by atoms with Gasteiger partial charge in [-0.25, -0.2) is 0 Å². The Morgan fingerprint density at radius 3 is 2.19 bits per heavy atom. The molecule has 0 aromatic rings. The number of nitrogens with zero attached hydrogens (tertiary/aromatic N) is 1. The molecule has 4 nitrogen and oxygen atoms in total. The predicted molar refractivity (Wildman–Crippen MR) is 107 cm³/mol. The van der Waals surface area contributed by atoms with Crippen LogP contribution in [0.1, 0.15) is 85.0 Å². The number of carbonyl (C=O) groups excluding carboxylic acids is 2. The molecule has 4 bridgehead atoms. The first-order valence-electron chi connectivity index (χ1n) is 11.3. The van der Waals surface area contributed by atoms with Crippen LogP contribution in [0.15, 0.2) is 0 Å². The van der Waals surface area contributed by atoms with E-state index >= 15 is 0 Å². The number of piperidine rings is 1. The molecular formula is C23H38N2O2. The van der Waals surface area contributed by atoms with E-state index in [9.17, 15) is 9.59 Å². The third kappa shape index (κ3) is 4.35. The number of rotatable bonds is 5. The molecule has 0 radical (unpaired) electrons. The molecule has 1 N–H and O–H groups in total. The van der Waals surface area contributed by atoms with Gasteiger partial charge in [0, 0.05) is 31.5 Å². The molecule has 152 valence electrons. The fourth-order valence-corrected chi connectivity index (χ4v) is 7.04. The van der Waals surface area contributed by atoms with Gasteiger partial charge in [-0.05, 0) is 80.5 Å². The second-order valence-corrected chi connectivity index (χ2v) is 11.4. The summed E-state index contributed by atoms with van der Waals surface area (Å²) in [6.07, 6.45) is 11.0. The van der Waals surface area contributed by atoms with Gasteiger partial charge in [0.05, 0.1) is 0 Å². The summed E-state index contributed by atoms with van der Waals surface area (Å²) in [5.41, 5.74) is -0.196. The van der Waals surface area contributed by atoms with Crippen LogP contribution >= 0.6 is 0 Å². The van der Waals surface area contributed by atoms with E-state index in [1.54, 1.807) is 0 Å². The molecule has 27 heavy (non-hydrogen) atoms. The van der Waals surface area contributed by atoms with E-state index < -0.39 is 0 Å². The van der Waals surface area contributed by atoms with Crippen LogP contribution in [-0.2, 0) is 9.59 Å².